The van der Waals surface area contributed by atoms with E-state index >= 15 is 0 Å². The zero-order valence-corrected chi connectivity index (χ0v) is 8.69. The summed E-state index contributed by atoms with van der Waals surface area (Å²) in [5, 5.41) is 0. The highest BCUT2D eigenvalue weighted by atomic mass is 16.5. The minimum absolute atomic E-state index is 0.0653. The molecule has 1 aromatic carbocycles. The van der Waals surface area contributed by atoms with Crippen LogP contribution in [0.25, 0.3) is 0 Å². The van der Waals surface area contributed by atoms with Gasteiger partial charge >= 0.3 is 0 Å². The van der Waals surface area contributed by atoms with Crippen molar-refractivity contribution >= 4 is 5.78 Å². The summed E-state index contributed by atoms with van der Waals surface area (Å²) < 4.78 is 5.52. The van der Waals surface area contributed by atoms with Gasteiger partial charge in [0, 0.05) is 6.42 Å². The number of ketones is 1. The Morgan fingerprint density at radius 2 is 2.00 bits per heavy atom. The monoisotopic (exact) mass is 192 g/mol. The first-order valence-electron chi connectivity index (χ1n) is 4.86. The highest BCUT2D eigenvalue weighted by Gasteiger charge is 2.04. The predicted molar refractivity (Wildman–Crippen MR) is 56.1 cm³/mol. The molecule has 0 saturated heterocycles. The third kappa shape index (κ3) is 3.71. The van der Waals surface area contributed by atoms with Crippen LogP contribution >= 0.6 is 0 Å². The first-order valence-corrected chi connectivity index (χ1v) is 4.86. The van der Waals surface area contributed by atoms with E-state index in [0.717, 1.165) is 5.56 Å². The van der Waals surface area contributed by atoms with Gasteiger partial charge in [0.25, 0.3) is 0 Å². The highest BCUT2D eigenvalue weighted by Crippen LogP contribution is 2.15. The summed E-state index contributed by atoms with van der Waals surface area (Å²) in [7, 11) is 0. The zero-order chi connectivity index (χ0) is 10.4. The third-order valence-electron chi connectivity index (χ3n) is 2.09. The van der Waals surface area contributed by atoms with Crippen LogP contribution in [0.5, 0.6) is 0 Å². The van der Waals surface area contributed by atoms with E-state index in [9.17, 15) is 4.79 Å². The second-order valence-corrected chi connectivity index (χ2v) is 3.38. The van der Waals surface area contributed by atoms with Gasteiger partial charge in [-0.25, -0.2) is 0 Å². The molecule has 14 heavy (non-hydrogen) atoms. The molecule has 0 saturated carbocycles. The van der Waals surface area contributed by atoms with E-state index in [1.54, 1.807) is 6.92 Å². The Hall–Kier alpha value is -1.15. The third-order valence-corrected chi connectivity index (χ3v) is 2.09. The molecule has 0 spiro atoms. The van der Waals surface area contributed by atoms with Crippen molar-refractivity contribution in [2.75, 3.05) is 6.61 Å². The summed E-state index contributed by atoms with van der Waals surface area (Å²) in [4.78, 5) is 10.7. The lowest BCUT2D eigenvalue weighted by Gasteiger charge is -2.12. The van der Waals surface area contributed by atoms with Crippen LogP contribution in [0.1, 0.15) is 31.9 Å². The molecule has 2 heteroatoms. The van der Waals surface area contributed by atoms with Gasteiger partial charge in [-0.1, -0.05) is 30.3 Å². The molecule has 0 amide bonds. The van der Waals surface area contributed by atoms with Gasteiger partial charge in [0.05, 0.1) is 12.7 Å². The molecule has 76 valence electrons. The van der Waals surface area contributed by atoms with Crippen LogP contribution in [0.4, 0.5) is 0 Å². The van der Waals surface area contributed by atoms with Gasteiger partial charge in [0.1, 0.15) is 5.78 Å². The van der Waals surface area contributed by atoms with E-state index in [1.165, 1.54) is 0 Å². The molecule has 0 radical (unpaired) electrons. The van der Waals surface area contributed by atoms with E-state index < -0.39 is 0 Å². The molecule has 0 aliphatic heterocycles. The van der Waals surface area contributed by atoms with Crippen LogP contribution < -0.4 is 0 Å². The van der Waals surface area contributed by atoms with Crippen LogP contribution in [-0.4, -0.2) is 12.4 Å². The molecular formula is C12H16O2. The standard InChI is InChI=1S/C12H16O2/c1-10(13)8-9-14-11(2)12-6-4-3-5-7-12/h3-7,11H,8-9H2,1-2H3/t11-/m1/s1. The minimum Gasteiger partial charge on any atom is -0.373 e. The maximum atomic E-state index is 10.7. The van der Waals surface area contributed by atoms with E-state index in [4.69, 9.17) is 4.74 Å². The normalized spacial score (nSPS) is 12.4. The second kappa shape index (κ2) is 5.55. The molecule has 1 atom stereocenters. The minimum atomic E-state index is 0.0653. The van der Waals surface area contributed by atoms with E-state index in [2.05, 4.69) is 0 Å². The fraction of sp³-hybridized carbons (Fsp3) is 0.417. The molecule has 0 heterocycles. The Morgan fingerprint density at radius 1 is 1.36 bits per heavy atom. The highest BCUT2D eigenvalue weighted by molar-refractivity contribution is 5.75. The largest absolute Gasteiger partial charge is 0.373 e. The van der Waals surface area contributed by atoms with Crippen LogP contribution in [-0.2, 0) is 9.53 Å². The summed E-state index contributed by atoms with van der Waals surface area (Å²) >= 11 is 0. The van der Waals surface area contributed by atoms with Crippen molar-refractivity contribution in [1.82, 2.24) is 0 Å². The van der Waals surface area contributed by atoms with Gasteiger partial charge in [-0.3, -0.25) is 4.79 Å². The van der Waals surface area contributed by atoms with Crippen molar-refractivity contribution in [3.05, 3.63) is 35.9 Å². The topological polar surface area (TPSA) is 26.3 Å². The Morgan fingerprint density at radius 3 is 2.57 bits per heavy atom. The lowest BCUT2D eigenvalue weighted by Crippen LogP contribution is -2.04. The number of hydrogen-bond acceptors (Lipinski definition) is 2. The van der Waals surface area contributed by atoms with Crippen molar-refractivity contribution in [3.8, 4) is 0 Å². The average Bonchev–Trinajstić information content (AvgIpc) is 2.18. The lowest BCUT2D eigenvalue weighted by atomic mass is 10.1. The molecule has 0 N–H and O–H groups in total. The van der Waals surface area contributed by atoms with Gasteiger partial charge in [-0.15, -0.1) is 0 Å². The molecular weight excluding hydrogens is 176 g/mol. The van der Waals surface area contributed by atoms with Crippen molar-refractivity contribution in [3.63, 3.8) is 0 Å². The summed E-state index contributed by atoms with van der Waals surface area (Å²) in [6.45, 7) is 4.08. The first-order chi connectivity index (χ1) is 6.70. The SMILES string of the molecule is CC(=O)CCO[C@H](C)c1ccccc1. The number of carbonyl (C=O) groups is 1. The Labute approximate surface area is 84.9 Å². The lowest BCUT2D eigenvalue weighted by molar-refractivity contribution is -0.118. The predicted octanol–water partition coefficient (Wildman–Crippen LogP) is 2.74. The molecule has 0 aliphatic rings. The van der Waals surface area contributed by atoms with Crippen LogP contribution in [0.15, 0.2) is 30.3 Å². The summed E-state index contributed by atoms with van der Waals surface area (Å²) in [6, 6.07) is 10.0. The number of ether oxygens (including phenoxy) is 1. The Bertz CT molecular complexity index is 280. The first kappa shape index (κ1) is 10.9. The molecule has 0 bridgehead atoms. The fourth-order valence-electron chi connectivity index (χ4n) is 1.20. The van der Waals surface area contributed by atoms with Gasteiger partial charge in [0.2, 0.25) is 0 Å². The van der Waals surface area contributed by atoms with Gasteiger partial charge in [0.15, 0.2) is 0 Å². The van der Waals surface area contributed by atoms with Gasteiger partial charge < -0.3 is 4.74 Å². The maximum absolute atomic E-state index is 10.7. The van der Waals surface area contributed by atoms with E-state index in [-0.39, 0.29) is 11.9 Å². The van der Waals surface area contributed by atoms with Crippen LogP contribution in [0.2, 0.25) is 0 Å². The number of rotatable bonds is 5. The van der Waals surface area contributed by atoms with Crippen molar-refractivity contribution in [2.45, 2.75) is 26.4 Å². The maximum Gasteiger partial charge on any atom is 0.132 e. The number of carbonyl (C=O) groups excluding carboxylic acids is 1. The van der Waals surface area contributed by atoms with E-state index in [0.29, 0.717) is 13.0 Å². The quantitative estimate of drug-likeness (QED) is 0.717. The summed E-state index contributed by atoms with van der Waals surface area (Å²) in [5.41, 5.74) is 1.15. The number of Topliss-reactive ketones (excluding diaryl/α,β-unsaturated/α-hetero) is 1. The molecule has 2 nitrogen and oxygen atoms in total. The van der Waals surface area contributed by atoms with Crippen LogP contribution in [0, 0.1) is 0 Å². The van der Waals surface area contributed by atoms with Crippen molar-refractivity contribution < 1.29 is 9.53 Å². The molecule has 0 aromatic heterocycles. The average molecular weight is 192 g/mol. The Balaban J connectivity index is 2.36. The molecule has 0 aliphatic carbocycles. The Kier molecular flexibility index (Phi) is 4.33. The molecule has 0 unspecified atom stereocenters. The smallest absolute Gasteiger partial charge is 0.132 e. The second-order valence-electron chi connectivity index (χ2n) is 3.38. The van der Waals surface area contributed by atoms with Crippen molar-refractivity contribution in [1.29, 1.82) is 0 Å². The summed E-state index contributed by atoms with van der Waals surface area (Å²) in [6.07, 6.45) is 0.563. The molecule has 1 rings (SSSR count). The summed E-state index contributed by atoms with van der Waals surface area (Å²) in [5.74, 6) is 0.172. The molecule has 1 aromatic rings. The zero-order valence-electron chi connectivity index (χ0n) is 8.69. The number of hydrogen-bond donors (Lipinski definition) is 0. The van der Waals surface area contributed by atoms with Gasteiger partial charge in [-0.2, -0.15) is 0 Å². The number of benzene rings is 1. The van der Waals surface area contributed by atoms with Gasteiger partial charge in [-0.05, 0) is 19.4 Å². The fourth-order valence-corrected chi connectivity index (χ4v) is 1.20. The van der Waals surface area contributed by atoms with Crippen LogP contribution in [0.3, 0.4) is 0 Å². The molecule has 0 fully saturated rings. The van der Waals surface area contributed by atoms with Crippen molar-refractivity contribution in [2.24, 2.45) is 0 Å². The van der Waals surface area contributed by atoms with E-state index in [1.807, 2.05) is 37.3 Å².